The minimum atomic E-state index is -0.341. The number of halogens is 3. The Balaban J connectivity index is 1.99. The van der Waals surface area contributed by atoms with Gasteiger partial charge in [0.15, 0.2) is 0 Å². The summed E-state index contributed by atoms with van der Waals surface area (Å²) in [7, 11) is 0. The summed E-state index contributed by atoms with van der Waals surface area (Å²) in [6.07, 6.45) is 0.618. The van der Waals surface area contributed by atoms with Gasteiger partial charge in [-0.2, -0.15) is 0 Å². The Labute approximate surface area is 137 Å². The number of rotatable bonds is 6. The summed E-state index contributed by atoms with van der Waals surface area (Å²) in [5.74, 6) is 5.98. The maximum absolute atomic E-state index is 13.0. The van der Waals surface area contributed by atoms with Gasteiger partial charge in [-0.15, -0.1) is 11.8 Å². The Morgan fingerprint density at radius 1 is 1.14 bits per heavy atom. The van der Waals surface area contributed by atoms with Crippen molar-refractivity contribution in [1.29, 1.82) is 0 Å². The zero-order valence-electron chi connectivity index (χ0n) is 11.2. The zero-order valence-corrected chi connectivity index (χ0v) is 13.5. The first-order valence-corrected chi connectivity index (χ1v) is 8.11. The molecule has 2 rings (SSSR count). The standard InChI is InChI=1S/C15H15Cl2FN2S/c16-13-3-1-2-4-15(13)21-9-12(20-19)7-10-5-6-11(18)8-14(10)17/h1-6,8,12,20H,7,9,19H2. The number of nitrogens with one attached hydrogen (secondary N) is 1. The number of benzene rings is 2. The van der Waals surface area contributed by atoms with Gasteiger partial charge in [0.1, 0.15) is 5.82 Å². The van der Waals surface area contributed by atoms with Crippen LogP contribution in [0.4, 0.5) is 4.39 Å². The third-order valence-electron chi connectivity index (χ3n) is 2.99. The molecule has 3 N–H and O–H groups in total. The second-order valence-electron chi connectivity index (χ2n) is 4.54. The second kappa shape index (κ2) is 8.01. The van der Waals surface area contributed by atoms with E-state index in [9.17, 15) is 4.39 Å². The van der Waals surface area contributed by atoms with Gasteiger partial charge in [-0.05, 0) is 36.2 Å². The van der Waals surface area contributed by atoms with Crippen molar-refractivity contribution in [3.05, 3.63) is 63.9 Å². The lowest BCUT2D eigenvalue weighted by Gasteiger charge is -2.16. The van der Waals surface area contributed by atoms with E-state index < -0.39 is 0 Å². The molecule has 2 aromatic rings. The SMILES string of the molecule is NNC(CSc1ccccc1Cl)Cc1ccc(F)cc1Cl. The van der Waals surface area contributed by atoms with E-state index in [0.717, 1.165) is 21.2 Å². The molecule has 0 spiro atoms. The summed E-state index contributed by atoms with van der Waals surface area (Å²) in [6.45, 7) is 0. The van der Waals surface area contributed by atoms with Crippen LogP contribution in [0.2, 0.25) is 10.0 Å². The van der Waals surface area contributed by atoms with Crippen molar-refractivity contribution in [2.24, 2.45) is 5.84 Å². The van der Waals surface area contributed by atoms with Crippen molar-refractivity contribution in [2.45, 2.75) is 17.4 Å². The fourth-order valence-corrected chi connectivity index (χ4v) is 3.39. The highest BCUT2D eigenvalue weighted by atomic mass is 35.5. The Kier molecular flexibility index (Phi) is 6.33. The quantitative estimate of drug-likeness (QED) is 0.466. The van der Waals surface area contributed by atoms with Gasteiger partial charge in [0.2, 0.25) is 0 Å². The van der Waals surface area contributed by atoms with E-state index in [1.165, 1.54) is 12.1 Å². The van der Waals surface area contributed by atoms with Crippen LogP contribution in [0.25, 0.3) is 0 Å². The second-order valence-corrected chi connectivity index (χ2v) is 6.42. The molecule has 0 bridgehead atoms. The molecule has 0 saturated carbocycles. The zero-order chi connectivity index (χ0) is 15.2. The molecule has 0 aliphatic rings. The van der Waals surface area contributed by atoms with E-state index in [4.69, 9.17) is 29.0 Å². The fourth-order valence-electron chi connectivity index (χ4n) is 1.87. The van der Waals surface area contributed by atoms with Gasteiger partial charge in [0.05, 0.1) is 5.02 Å². The number of nitrogens with two attached hydrogens (primary N) is 1. The molecule has 0 heterocycles. The number of hydrogen-bond acceptors (Lipinski definition) is 3. The molecule has 0 aliphatic carbocycles. The maximum Gasteiger partial charge on any atom is 0.124 e. The number of hydrogen-bond donors (Lipinski definition) is 2. The summed E-state index contributed by atoms with van der Waals surface area (Å²) in [5, 5.41) is 1.14. The molecule has 21 heavy (non-hydrogen) atoms. The van der Waals surface area contributed by atoms with E-state index in [-0.39, 0.29) is 11.9 Å². The van der Waals surface area contributed by atoms with Crippen LogP contribution in [-0.4, -0.2) is 11.8 Å². The number of thioether (sulfide) groups is 1. The lowest BCUT2D eigenvalue weighted by atomic mass is 10.1. The molecule has 6 heteroatoms. The van der Waals surface area contributed by atoms with E-state index in [2.05, 4.69) is 5.43 Å². The third kappa shape index (κ3) is 4.87. The van der Waals surface area contributed by atoms with Crippen LogP contribution in [-0.2, 0) is 6.42 Å². The molecule has 0 aromatic heterocycles. The highest BCUT2D eigenvalue weighted by Gasteiger charge is 2.12. The van der Waals surface area contributed by atoms with Crippen molar-refractivity contribution in [3.8, 4) is 0 Å². The summed E-state index contributed by atoms with van der Waals surface area (Å²) >= 11 is 13.8. The van der Waals surface area contributed by atoms with Crippen LogP contribution in [0.3, 0.4) is 0 Å². The van der Waals surface area contributed by atoms with Crippen LogP contribution >= 0.6 is 35.0 Å². The molecule has 0 saturated heterocycles. The van der Waals surface area contributed by atoms with Crippen molar-refractivity contribution >= 4 is 35.0 Å². The van der Waals surface area contributed by atoms with E-state index in [0.29, 0.717) is 11.4 Å². The molecule has 1 unspecified atom stereocenters. The summed E-state index contributed by atoms with van der Waals surface area (Å²) in [6, 6.07) is 12.1. The highest BCUT2D eigenvalue weighted by molar-refractivity contribution is 7.99. The van der Waals surface area contributed by atoms with Gasteiger partial charge in [-0.25, -0.2) is 4.39 Å². The fraction of sp³-hybridized carbons (Fsp3) is 0.200. The molecule has 2 aromatic carbocycles. The molecule has 1 atom stereocenters. The van der Waals surface area contributed by atoms with E-state index in [1.54, 1.807) is 17.8 Å². The normalized spacial score (nSPS) is 12.4. The number of hydrazine groups is 1. The van der Waals surface area contributed by atoms with Gasteiger partial charge in [0, 0.05) is 21.7 Å². The topological polar surface area (TPSA) is 38.0 Å². The molecule has 112 valence electrons. The lowest BCUT2D eigenvalue weighted by Crippen LogP contribution is -2.38. The van der Waals surface area contributed by atoms with Crippen molar-refractivity contribution < 1.29 is 4.39 Å². The first-order valence-electron chi connectivity index (χ1n) is 6.37. The van der Waals surface area contributed by atoms with Crippen LogP contribution in [0.15, 0.2) is 47.4 Å². The van der Waals surface area contributed by atoms with Crippen LogP contribution in [0, 0.1) is 5.82 Å². The monoisotopic (exact) mass is 344 g/mol. The summed E-state index contributed by atoms with van der Waals surface area (Å²) in [5.41, 5.74) is 3.63. The Morgan fingerprint density at radius 3 is 2.57 bits per heavy atom. The Hall–Kier alpha value is -0.780. The first-order chi connectivity index (χ1) is 10.1. The average Bonchev–Trinajstić information content (AvgIpc) is 2.47. The first kappa shape index (κ1) is 16.6. The van der Waals surface area contributed by atoms with Crippen molar-refractivity contribution in [3.63, 3.8) is 0 Å². The average molecular weight is 345 g/mol. The van der Waals surface area contributed by atoms with E-state index >= 15 is 0 Å². The van der Waals surface area contributed by atoms with Crippen LogP contribution in [0.5, 0.6) is 0 Å². The van der Waals surface area contributed by atoms with Gasteiger partial charge >= 0.3 is 0 Å². The van der Waals surface area contributed by atoms with Gasteiger partial charge < -0.3 is 0 Å². The molecule has 2 nitrogen and oxygen atoms in total. The van der Waals surface area contributed by atoms with Crippen LogP contribution < -0.4 is 11.3 Å². The maximum atomic E-state index is 13.0. The van der Waals surface area contributed by atoms with Gasteiger partial charge in [-0.1, -0.05) is 41.4 Å². The van der Waals surface area contributed by atoms with E-state index in [1.807, 2.05) is 24.3 Å². The molecule has 0 radical (unpaired) electrons. The van der Waals surface area contributed by atoms with Crippen molar-refractivity contribution in [2.75, 3.05) is 5.75 Å². The van der Waals surface area contributed by atoms with Crippen molar-refractivity contribution in [1.82, 2.24) is 5.43 Å². The Bertz CT molecular complexity index is 610. The molecular formula is C15H15Cl2FN2S. The summed E-state index contributed by atoms with van der Waals surface area (Å²) < 4.78 is 13.0. The van der Waals surface area contributed by atoms with Gasteiger partial charge in [0.25, 0.3) is 0 Å². The predicted octanol–water partition coefficient (Wildman–Crippen LogP) is 4.30. The molecule has 0 aliphatic heterocycles. The highest BCUT2D eigenvalue weighted by Crippen LogP contribution is 2.28. The minimum absolute atomic E-state index is 0.00855. The Morgan fingerprint density at radius 2 is 1.90 bits per heavy atom. The summed E-state index contributed by atoms with van der Waals surface area (Å²) in [4.78, 5) is 1.00. The smallest absolute Gasteiger partial charge is 0.124 e. The lowest BCUT2D eigenvalue weighted by molar-refractivity contribution is 0.574. The third-order valence-corrected chi connectivity index (χ3v) is 5.02. The van der Waals surface area contributed by atoms with Crippen LogP contribution in [0.1, 0.15) is 5.56 Å². The molecular weight excluding hydrogens is 330 g/mol. The molecule has 0 fully saturated rings. The van der Waals surface area contributed by atoms with Gasteiger partial charge in [-0.3, -0.25) is 11.3 Å². The predicted molar refractivity (Wildman–Crippen MR) is 88.4 cm³/mol. The molecule has 0 amide bonds. The minimum Gasteiger partial charge on any atom is -0.271 e. The largest absolute Gasteiger partial charge is 0.271 e.